The Bertz CT molecular complexity index is 386. The number of halogens is 1. The normalized spacial score (nSPS) is 12.4. The Hall–Kier alpha value is -0.590. The average Bonchev–Trinajstić information content (AvgIpc) is 2.20. The first-order chi connectivity index (χ1) is 7.54. The second kappa shape index (κ2) is 6.22. The lowest BCUT2D eigenvalue weighted by Crippen LogP contribution is -2.00. The summed E-state index contributed by atoms with van der Waals surface area (Å²) < 4.78 is 0.693. The molecule has 1 aromatic carbocycles. The van der Waals surface area contributed by atoms with Gasteiger partial charge in [0.25, 0.3) is 5.69 Å². The number of nitro benzene ring substituents is 1. The van der Waals surface area contributed by atoms with Crippen LogP contribution in [0.25, 0.3) is 0 Å². The number of nitrogens with zero attached hydrogens (tertiary/aromatic N) is 1. The molecule has 0 fully saturated rings. The Morgan fingerprint density at radius 2 is 2.31 bits per heavy atom. The van der Waals surface area contributed by atoms with E-state index in [4.69, 9.17) is 5.11 Å². The number of rotatable bonds is 5. The molecule has 0 aromatic heterocycles. The molecule has 1 rings (SSSR count). The maximum absolute atomic E-state index is 10.8. The molecule has 16 heavy (non-hydrogen) atoms. The Kier molecular flexibility index (Phi) is 5.24. The van der Waals surface area contributed by atoms with Crippen molar-refractivity contribution in [3.8, 4) is 0 Å². The van der Waals surface area contributed by atoms with Crippen molar-refractivity contribution >= 4 is 33.4 Å². The summed E-state index contributed by atoms with van der Waals surface area (Å²) in [5, 5.41) is 19.8. The van der Waals surface area contributed by atoms with Gasteiger partial charge in [0.2, 0.25) is 0 Å². The van der Waals surface area contributed by atoms with Gasteiger partial charge in [-0.1, -0.05) is 22.9 Å². The van der Waals surface area contributed by atoms with E-state index in [0.29, 0.717) is 15.8 Å². The monoisotopic (exact) mass is 305 g/mol. The largest absolute Gasteiger partial charge is 0.396 e. The standard InChI is InChI=1S/C10H12BrNO3S/c1-7(4-5-13)16-10-3-2-8(11)6-9(10)12(14)15/h2-3,6-7,13H,4-5H2,1H3. The van der Waals surface area contributed by atoms with E-state index in [2.05, 4.69) is 15.9 Å². The highest BCUT2D eigenvalue weighted by atomic mass is 79.9. The van der Waals surface area contributed by atoms with Crippen LogP contribution in [-0.4, -0.2) is 21.9 Å². The van der Waals surface area contributed by atoms with Crippen LogP contribution in [0.4, 0.5) is 5.69 Å². The second-order valence-corrected chi connectivity index (χ2v) is 5.71. The van der Waals surface area contributed by atoms with Gasteiger partial charge in [-0.05, 0) is 18.6 Å². The van der Waals surface area contributed by atoms with Gasteiger partial charge in [0.15, 0.2) is 0 Å². The fraction of sp³-hybridized carbons (Fsp3) is 0.400. The first-order valence-electron chi connectivity index (χ1n) is 4.76. The molecule has 0 amide bonds. The summed E-state index contributed by atoms with van der Waals surface area (Å²) in [5.74, 6) is 0. The van der Waals surface area contributed by atoms with Crippen molar-refractivity contribution in [3.05, 3.63) is 32.8 Å². The molecule has 6 heteroatoms. The Morgan fingerprint density at radius 1 is 1.62 bits per heavy atom. The fourth-order valence-corrected chi connectivity index (χ4v) is 2.60. The minimum atomic E-state index is -0.390. The van der Waals surface area contributed by atoms with Crippen LogP contribution in [0.2, 0.25) is 0 Å². The van der Waals surface area contributed by atoms with Crippen LogP contribution >= 0.6 is 27.7 Å². The molecule has 0 heterocycles. The molecule has 0 aliphatic carbocycles. The highest BCUT2D eigenvalue weighted by molar-refractivity contribution is 9.10. The van der Waals surface area contributed by atoms with E-state index < -0.39 is 4.92 Å². The van der Waals surface area contributed by atoms with Crippen LogP contribution in [0.15, 0.2) is 27.6 Å². The van der Waals surface area contributed by atoms with Crippen LogP contribution in [0, 0.1) is 10.1 Å². The first kappa shape index (κ1) is 13.5. The van der Waals surface area contributed by atoms with Crippen molar-refractivity contribution in [2.24, 2.45) is 0 Å². The minimum absolute atomic E-state index is 0.0957. The molecular formula is C10H12BrNO3S. The molecule has 0 bridgehead atoms. The van der Waals surface area contributed by atoms with Crippen molar-refractivity contribution in [3.63, 3.8) is 0 Å². The van der Waals surface area contributed by atoms with Gasteiger partial charge >= 0.3 is 0 Å². The van der Waals surface area contributed by atoms with Crippen LogP contribution in [0.1, 0.15) is 13.3 Å². The van der Waals surface area contributed by atoms with Gasteiger partial charge in [-0.15, -0.1) is 11.8 Å². The number of aliphatic hydroxyl groups is 1. The summed E-state index contributed by atoms with van der Waals surface area (Å²) in [4.78, 5) is 11.1. The Balaban J connectivity index is 2.90. The van der Waals surface area contributed by atoms with Crippen molar-refractivity contribution in [1.82, 2.24) is 0 Å². The molecule has 1 aromatic rings. The van der Waals surface area contributed by atoms with Gasteiger partial charge in [0, 0.05) is 22.4 Å². The predicted octanol–water partition coefficient (Wildman–Crippen LogP) is 3.22. The number of nitro groups is 1. The molecule has 0 radical (unpaired) electrons. The summed E-state index contributed by atoms with van der Waals surface area (Å²) in [6, 6.07) is 5.00. The quantitative estimate of drug-likeness (QED) is 0.515. The molecule has 1 N–H and O–H groups in total. The van der Waals surface area contributed by atoms with E-state index in [0.717, 1.165) is 0 Å². The van der Waals surface area contributed by atoms with Gasteiger partial charge in [-0.3, -0.25) is 10.1 Å². The molecule has 0 spiro atoms. The SMILES string of the molecule is CC(CCO)Sc1ccc(Br)cc1[N+](=O)[O-]. The predicted molar refractivity (Wildman–Crippen MR) is 67.8 cm³/mol. The van der Waals surface area contributed by atoms with E-state index in [1.165, 1.54) is 17.8 Å². The van der Waals surface area contributed by atoms with Gasteiger partial charge in [-0.2, -0.15) is 0 Å². The maximum Gasteiger partial charge on any atom is 0.284 e. The van der Waals surface area contributed by atoms with E-state index >= 15 is 0 Å². The van der Waals surface area contributed by atoms with Gasteiger partial charge < -0.3 is 5.11 Å². The number of benzene rings is 1. The Labute approximate surface area is 106 Å². The van der Waals surface area contributed by atoms with Gasteiger partial charge in [0.1, 0.15) is 0 Å². The van der Waals surface area contributed by atoms with Crippen LogP contribution in [-0.2, 0) is 0 Å². The Morgan fingerprint density at radius 3 is 2.88 bits per heavy atom. The summed E-state index contributed by atoms with van der Waals surface area (Å²) >= 11 is 4.62. The molecule has 0 aliphatic heterocycles. The summed E-state index contributed by atoms with van der Waals surface area (Å²) in [7, 11) is 0. The number of hydrogen-bond acceptors (Lipinski definition) is 4. The molecule has 4 nitrogen and oxygen atoms in total. The zero-order chi connectivity index (χ0) is 12.1. The summed E-state index contributed by atoms with van der Waals surface area (Å²) in [6.07, 6.45) is 0.623. The zero-order valence-corrected chi connectivity index (χ0v) is 11.1. The lowest BCUT2D eigenvalue weighted by Gasteiger charge is -2.09. The third kappa shape index (κ3) is 3.77. The number of thioether (sulfide) groups is 1. The average molecular weight is 306 g/mol. The van der Waals surface area contributed by atoms with E-state index in [-0.39, 0.29) is 17.5 Å². The van der Waals surface area contributed by atoms with Crippen molar-refractivity contribution in [1.29, 1.82) is 0 Å². The lowest BCUT2D eigenvalue weighted by atomic mass is 10.3. The fourth-order valence-electron chi connectivity index (χ4n) is 1.19. The van der Waals surface area contributed by atoms with Gasteiger partial charge in [-0.25, -0.2) is 0 Å². The van der Waals surface area contributed by atoms with E-state index in [1.807, 2.05) is 6.92 Å². The van der Waals surface area contributed by atoms with Crippen molar-refractivity contribution < 1.29 is 10.0 Å². The topological polar surface area (TPSA) is 63.4 Å². The molecule has 1 unspecified atom stereocenters. The highest BCUT2D eigenvalue weighted by Gasteiger charge is 2.16. The first-order valence-corrected chi connectivity index (χ1v) is 6.43. The molecule has 0 saturated heterocycles. The third-order valence-electron chi connectivity index (χ3n) is 1.98. The highest BCUT2D eigenvalue weighted by Crippen LogP contribution is 2.34. The van der Waals surface area contributed by atoms with Crippen molar-refractivity contribution in [2.45, 2.75) is 23.5 Å². The summed E-state index contributed by atoms with van der Waals surface area (Å²) in [5.41, 5.74) is 0.101. The zero-order valence-electron chi connectivity index (χ0n) is 8.72. The number of aliphatic hydroxyl groups excluding tert-OH is 1. The van der Waals surface area contributed by atoms with Gasteiger partial charge in [0.05, 0.1) is 9.82 Å². The molecular weight excluding hydrogens is 294 g/mol. The molecule has 88 valence electrons. The molecule has 0 saturated carbocycles. The lowest BCUT2D eigenvalue weighted by molar-refractivity contribution is -0.387. The van der Waals surface area contributed by atoms with Crippen LogP contribution in [0.3, 0.4) is 0 Å². The van der Waals surface area contributed by atoms with E-state index in [9.17, 15) is 10.1 Å². The maximum atomic E-state index is 10.8. The molecule has 1 atom stereocenters. The third-order valence-corrected chi connectivity index (χ3v) is 3.71. The van der Waals surface area contributed by atoms with E-state index in [1.54, 1.807) is 12.1 Å². The number of hydrogen-bond donors (Lipinski definition) is 1. The minimum Gasteiger partial charge on any atom is -0.396 e. The van der Waals surface area contributed by atoms with Crippen LogP contribution in [0.5, 0.6) is 0 Å². The van der Waals surface area contributed by atoms with Crippen LogP contribution < -0.4 is 0 Å². The smallest absolute Gasteiger partial charge is 0.284 e. The molecule has 0 aliphatic rings. The van der Waals surface area contributed by atoms with Crippen molar-refractivity contribution in [2.75, 3.05) is 6.61 Å². The summed E-state index contributed by atoms with van der Waals surface area (Å²) in [6.45, 7) is 2.03. The second-order valence-electron chi connectivity index (χ2n) is 3.31.